The Morgan fingerprint density at radius 3 is 2.94 bits per heavy atom. The molecule has 2 heteroatoms. The summed E-state index contributed by atoms with van der Waals surface area (Å²) in [6.07, 6.45) is 13.4. The molecule has 1 fully saturated rings. The van der Waals surface area contributed by atoms with E-state index in [1.54, 1.807) is 0 Å². The normalized spacial score (nSPS) is 22.3. The van der Waals surface area contributed by atoms with E-state index in [9.17, 15) is 0 Å². The van der Waals surface area contributed by atoms with E-state index in [-0.39, 0.29) is 12.4 Å². The van der Waals surface area contributed by atoms with Gasteiger partial charge in [0.15, 0.2) is 0 Å². The summed E-state index contributed by atoms with van der Waals surface area (Å²) < 4.78 is 0. The predicted molar refractivity (Wildman–Crippen MR) is 75.0 cm³/mol. The largest absolute Gasteiger partial charge is 0.389 e. The van der Waals surface area contributed by atoms with Crippen LogP contribution in [0, 0.1) is 5.92 Å². The van der Waals surface area contributed by atoms with Gasteiger partial charge in [-0.3, -0.25) is 0 Å². The van der Waals surface area contributed by atoms with Crippen LogP contribution in [0.5, 0.6) is 0 Å². The number of hydrogen-bond donors (Lipinski definition) is 1. The zero-order valence-corrected chi connectivity index (χ0v) is 11.3. The van der Waals surface area contributed by atoms with Gasteiger partial charge in [-0.1, -0.05) is 44.8 Å². The van der Waals surface area contributed by atoms with Crippen molar-refractivity contribution in [1.29, 1.82) is 0 Å². The third-order valence-corrected chi connectivity index (χ3v) is 3.16. The monoisotopic (exact) mass is 243 g/mol. The molecular weight excluding hydrogens is 218 g/mol. The fraction of sp³-hybridized carbons (Fsp3) is 0.714. The van der Waals surface area contributed by atoms with Crippen molar-refractivity contribution in [3.05, 3.63) is 24.4 Å². The van der Waals surface area contributed by atoms with Gasteiger partial charge < -0.3 is 5.32 Å². The van der Waals surface area contributed by atoms with E-state index in [2.05, 4.69) is 24.9 Å². The average Bonchev–Trinajstić information content (AvgIpc) is 2.27. The summed E-state index contributed by atoms with van der Waals surface area (Å²) in [5, 5.41) is 3.49. The van der Waals surface area contributed by atoms with Crippen molar-refractivity contribution in [2.75, 3.05) is 6.54 Å². The summed E-state index contributed by atoms with van der Waals surface area (Å²) in [5.41, 5.74) is 1.45. The van der Waals surface area contributed by atoms with E-state index < -0.39 is 0 Å². The minimum Gasteiger partial charge on any atom is -0.389 e. The molecule has 0 aromatic carbocycles. The first-order valence-corrected chi connectivity index (χ1v) is 6.40. The Morgan fingerprint density at radius 2 is 2.25 bits per heavy atom. The topological polar surface area (TPSA) is 12.0 Å². The van der Waals surface area contributed by atoms with Gasteiger partial charge >= 0.3 is 0 Å². The van der Waals surface area contributed by atoms with E-state index in [0.717, 1.165) is 12.3 Å². The smallest absolute Gasteiger partial charge is 0.0146 e. The summed E-state index contributed by atoms with van der Waals surface area (Å²) in [6, 6.07) is 0. The Kier molecular flexibility index (Phi) is 9.51. The molecule has 1 heterocycles. The third kappa shape index (κ3) is 6.22. The minimum absolute atomic E-state index is 0. The first-order valence-electron chi connectivity index (χ1n) is 6.40. The minimum atomic E-state index is 0. The van der Waals surface area contributed by atoms with E-state index in [4.69, 9.17) is 0 Å². The van der Waals surface area contributed by atoms with E-state index in [0.29, 0.717) is 0 Å². The number of rotatable bonds is 6. The highest BCUT2D eigenvalue weighted by Crippen LogP contribution is 2.24. The number of nitrogens with one attached hydrogen (secondary N) is 1. The molecule has 0 saturated carbocycles. The Morgan fingerprint density at radius 1 is 1.44 bits per heavy atom. The van der Waals surface area contributed by atoms with Gasteiger partial charge in [-0.25, -0.2) is 0 Å². The Balaban J connectivity index is 0.00000225. The maximum absolute atomic E-state index is 3.75. The number of halogens is 1. The molecule has 0 amide bonds. The molecule has 1 aliphatic heterocycles. The van der Waals surface area contributed by atoms with Crippen LogP contribution >= 0.6 is 12.4 Å². The molecule has 1 aliphatic rings. The molecule has 1 saturated heterocycles. The van der Waals surface area contributed by atoms with Crippen molar-refractivity contribution < 1.29 is 0 Å². The quantitative estimate of drug-likeness (QED) is 0.537. The van der Waals surface area contributed by atoms with Crippen molar-refractivity contribution in [2.24, 2.45) is 5.92 Å². The van der Waals surface area contributed by atoms with Crippen molar-refractivity contribution >= 4 is 12.4 Å². The number of allylic oxidation sites excluding steroid dienone is 3. The molecule has 0 bridgehead atoms. The lowest BCUT2D eigenvalue weighted by Gasteiger charge is -2.25. The Labute approximate surface area is 107 Å². The fourth-order valence-corrected chi connectivity index (χ4v) is 2.23. The maximum atomic E-state index is 3.75. The third-order valence-electron chi connectivity index (χ3n) is 3.16. The van der Waals surface area contributed by atoms with Gasteiger partial charge in [0, 0.05) is 12.2 Å². The van der Waals surface area contributed by atoms with Crippen LogP contribution in [0.15, 0.2) is 24.4 Å². The second-order valence-corrected chi connectivity index (χ2v) is 4.54. The van der Waals surface area contributed by atoms with Crippen LogP contribution in [0.4, 0.5) is 0 Å². The van der Waals surface area contributed by atoms with Crippen LogP contribution in [-0.2, 0) is 0 Å². The summed E-state index contributed by atoms with van der Waals surface area (Å²) in [4.78, 5) is 0. The predicted octanol–water partition coefficient (Wildman–Crippen LogP) is 4.45. The van der Waals surface area contributed by atoms with Gasteiger partial charge in [0.05, 0.1) is 0 Å². The highest BCUT2D eigenvalue weighted by molar-refractivity contribution is 5.85. The first kappa shape index (κ1) is 15.6. The van der Waals surface area contributed by atoms with Crippen LogP contribution in [0.25, 0.3) is 0 Å². The molecule has 1 N–H and O–H groups in total. The molecule has 0 aromatic heterocycles. The molecule has 0 aromatic rings. The summed E-state index contributed by atoms with van der Waals surface area (Å²) in [5.74, 6) is 0.925. The van der Waals surface area contributed by atoms with Crippen molar-refractivity contribution in [2.45, 2.75) is 51.9 Å². The SMILES string of the molecule is C=CCC=C1CC(CCCCC)CCN1.Cl. The van der Waals surface area contributed by atoms with Crippen LogP contribution < -0.4 is 5.32 Å². The fourth-order valence-electron chi connectivity index (χ4n) is 2.23. The molecular formula is C14H26ClN. The van der Waals surface area contributed by atoms with Gasteiger partial charge in [-0.05, 0) is 25.2 Å². The second kappa shape index (κ2) is 9.77. The second-order valence-electron chi connectivity index (χ2n) is 4.54. The summed E-state index contributed by atoms with van der Waals surface area (Å²) in [6.45, 7) is 7.19. The van der Waals surface area contributed by atoms with Gasteiger partial charge in [0.1, 0.15) is 0 Å². The van der Waals surface area contributed by atoms with Crippen molar-refractivity contribution in [3.63, 3.8) is 0 Å². The molecule has 16 heavy (non-hydrogen) atoms. The number of hydrogen-bond acceptors (Lipinski definition) is 1. The Bertz CT molecular complexity index is 211. The van der Waals surface area contributed by atoms with E-state index >= 15 is 0 Å². The molecule has 0 spiro atoms. The van der Waals surface area contributed by atoms with Gasteiger partial charge in [0.25, 0.3) is 0 Å². The maximum Gasteiger partial charge on any atom is 0.0146 e. The molecule has 0 radical (unpaired) electrons. The van der Waals surface area contributed by atoms with E-state index in [1.165, 1.54) is 50.8 Å². The lowest BCUT2D eigenvalue weighted by Crippen LogP contribution is -2.26. The summed E-state index contributed by atoms with van der Waals surface area (Å²) in [7, 11) is 0. The van der Waals surface area contributed by atoms with Gasteiger partial charge in [-0.15, -0.1) is 19.0 Å². The lowest BCUT2D eigenvalue weighted by molar-refractivity contribution is 0.377. The number of piperidine rings is 1. The highest BCUT2D eigenvalue weighted by Gasteiger charge is 2.15. The van der Waals surface area contributed by atoms with Crippen LogP contribution in [0.2, 0.25) is 0 Å². The van der Waals surface area contributed by atoms with Gasteiger partial charge in [0.2, 0.25) is 0 Å². The molecule has 0 aliphatic carbocycles. The molecule has 1 unspecified atom stereocenters. The standard InChI is InChI=1S/C14H25N.ClH/c1-3-5-7-8-13-10-11-15-14(12-13)9-6-4-2;/h4,9,13,15H,2-3,5-8,10-12H2,1H3;1H. The van der Waals surface area contributed by atoms with Crippen molar-refractivity contribution in [1.82, 2.24) is 5.32 Å². The zero-order valence-electron chi connectivity index (χ0n) is 10.5. The summed E-state index contributed by atoms with van der Waals surface area (Å²) >= 11 is 0. The van der Waals surface area contributed by atoms with Gasteiger partial charge in [-0.2, -0.15) is 0 Å². The molecule has 1 rings (SSSR count). The van der Waals surface area contributed by atoms with Crippen LogP contribution in [0.3, 0.4) is 0 Å². The van der Waals surface area contributed by atoms with E-state index in [1.807, 2.05) is 6.08 Å². The zero-order chi connectivity index (χ0) is 10.9. The molecule has 1 atom stereocenters. The van der Waals surface area contributed by atoms with Crippen LogP contribution in [0.1, 0.15) is 51.9 Å². The number of unbranched alkanes of at least 4 members (excludes halogenated alkanes) is 2. The Hall–Kier alpha value is -0.430. The van der Waals surface area contributed by atoms with Crippen LogP contribution in [-0.4, -0.2) is 6.54 Å². The average molecular weight is 244 g/mol. The lowest BCUT2D eigenvalue weighted by atomic mass is 9.90. The first-order chi connectivity index (χ1) is 7.36. The highest BCUT2D eigenvalue weighted by atomic mass is 35.5. The molecule has 1 nitrogen and oxygen atoms in total. The van der Waals surface area contributed by atoms with Crippen molar-refractivity contribution in [3.8, 4) is 0 Å². The molecule has 94 valence electrons.